The highest BCUT2D eigenvalue weighted by Crippen LogP contribution is 2.30. The molecule has 98 valence electrons. The van der Waals surface area contributed by atoms with E-state index in [2.05, 4.69) is 19.2 Å². The molecular formula is C13H23NO3. The van der Waals surface area contributed by atoms with Crippen LogP contribution in [0.2, 0.25) is 0 Å². The third kappa shape index (κ3) is 4.02. The first kappa shape index (κ1) is 14.0. The zero-order chi connectivity index (χ0) is 12.8. The molecule has 1 fully saturated rings. The van der Waals surface area contributed by atoms with Gasteiger partial charge in [-0.3, -0.25) is 9.59 Å². The molecule has 1 amide bonds. The number of amides is 1. The summed E-state index contributed by atoms with van der Waals surface area (Å²) in [6, 6.07) is 0. The van der Waals surface area contributed by atoms with E-state index in [9.17, 15) is 9.59 Å². The zero-order valence-electron chi connectivity index (χ0n) is 10.7. The molecule has 1 aliphatic rings. The van der Waals surface area contributed by atoms with Crippen LogP contribution in [-0.4, -0.2) is 23.5 Å². The predicted octanol–water partition coefficient (Wildman–Crippen LogP) is 2.04. The molecule has 0 bridgehead atoms. The SMILES string of the molecule is CCC(C)CNC(=O)[C@@H]1CCCC[C@@H]1C(=O)O. The van der Waals surface area contributed by atoms with Gasteiger partial charge in [0.05, 0.1) is 11.8 Å². The van der Waals surface area contributed by atoms with E-state index in [1.807, 2.05) is 0 Å². The van der Waals surface area contributed by atoms with Crippen molar-refractivity contribution < 1.29 is 14.7 Å². The van der Waals surface area contributed by atoms with Gasteiger partial charge in [0.2, 0.25) is 5.91 Å². The fourth-order valence-corrected chi connectivity index (χ4v) is 2.29. The van der Waals surface area contributed by atoms with Crippen LogP contribution in [0.3, 0.4) is 0 Å². The highest BCUT2D eigenvalue weighted by atomic mass is 16.4. The maximum Gasteiger partial charge on any atom is 0.307 e. The van der Waals surface area contributed by atoms with Crippen LogP contribution in [0.1, 0.15) is 46.0 Å². The van der Waals surface area contributed by atoms with Crippen LogP contribution in [0.25, 0.3) is 0 Å². The van der Waals surface area contributed by atoms with Crippen molar-refractivity contribution in [3.05, 3.63) is 0 Å². The van der Waals surface area contributed by atoms with Crippen molar-refractivity contribution in [3.8, 4) is 0 Å². The first-order valence-electron chi connectivity index (χ1n) is 6.56. The Hall–Kier alpha value is -1.06. The molecule has 0 saturated heterocycles. The van der Waals surface area contributed by atoms with Gasteiger partial charge in [0.15, 0.2) is 0 Å². The van der Waals surface area contributed by atoms with Gasteiger partial charge in [-0.2, -0.15) is 0 Å². The van der Waals surface area contributed by atoms with Crippen LogP contribution < -0.4 is 5.32 Å². The molecule has 3 atom stereocenters. The maximum absolute atomic E-state index is 12.0. The third-order valence-corrected chi connectivity index (χ3v) is 3.74. The number of carboxylic acids is 1. The summed E-state index contributed by atoms with van der Waals surface area (Å²) in [7, 11) is 0. The lowest BCUT2D eigenvalue weighted by atomic mass is 9.78. The topological polar surface area (TPSA) is 66.4 Å². The average Bonchev–Trinajstić information content (AvgIpc) is 2.35. The molecule has 1 saturated carbocycles. The Labute approximate surface area is 103 Å². The van der Waals surface area contributed by atoms with E-state index in [0.717, 1.165) is 19.3 Å². The number of rotatable bonds is 5. The Morgan fingerprint density at radius 3 is 2.41 bits per heavy atom. The molecule has 0 radical (unpaired) electrons. The molecule has 0 aromatic heterocycles. The van der Waals surface area contributed by atoms with Gasteiger partial charge in [-0.05, 0) is 18.8 Å². The zero-order valence-corrected chi connectivity index (χ0v) is 10.7. The van der Waals surface area contributed by atoms with Crippen molar-refractivity contribution in [1.29, 1.82) is 0 Å². The van der Waals surface area contributed by atoms with E-state index in [1.54, 1.807) is 0 Å². The number of carboxylic acid groups (broad SMARTS) is 1. The van der Waals surface area contributed by atoms with Crippen molar-refractivity contribution in [2.75, 3.05) is 6.54 Å². The lowest BCUT2D eigenvalue weighted by Crippen LogP contribution is -2.41. The van der Waals surface area contributed by atoms with Crippen LogP contribution in [0.4, 0.5) is 0 Å². The summed E-state index contributed by atoms with van der Waals surface area (Å²) in [5.74, 6) is -1.26. The second-order valence-electron chi connectivity index (χ2n) is 5.09. The molecule has 4 heteroatoms. The molecule has 0 spiro atoms. The summed E-state index contributed by atoms with van der Waals surface area (Å²) in [6.07, 6.45) is 4.25. The highest BCUT2D eigenvalue weighted by molar-refractivity contribution is 5.84. The van der Waals surface area contributed by atoms with Gasteiger partial charge in [0.25, 0.3) is 0 Å². The van der Waals surface area contributed by atoms with Crippen molar-refractivity contribution in [1.82, 2.24) is 5.32 Å². The monoisotopic (exact) mass is 241 g/mol. The summed E-state index contributed by atoms with van der Waals surface area (Å²) < 4.78 is 0. The Bertz CT molecular complexity index is 278. The smallest absolute Gasteiger partial charge is 0.307 e. The molecule has 1 rings (SSSR count). The fourth-order valence-electron chi connectivity index (χ4n) is 2.29. The van der Waals surface area contributed by atoms with Crippen molar-refractivity contribution >= 4 is 11.9 Å². The normalized spacial score (nSPS) is 26.2. The summed E-state index contributed by atoms with van der Waals surface area (Å²) in [4.78, 5) is 23.0. The van der Waals surface area contributed by atoms with Crippen LogP contribution >= 0.6 is 0 Å². The molecule has 0 aromatic rings. The third-order valence-electron chi connectivity index (χ3n) is 3.74. The van der Waals surface area contributed by atoms with E-state index in [-0.39, 0.29) is 11.8 Å². The Morgan fingerprint density at radius 1 is 1.29 bits per heavy atom. The Balaban J connectivity index is 2.50. The molecule has 0 aliphatic heterocycles. The number of aliphatic carboxylic acids is 1. The van der Waals surface area contributed by atoms with E-state index in [1.165, 1.54) is 0 Å². The number of carbonyl (C=O) groups is 2. The second kappa shape index (κ2) is 6.62. The number of nitrogens with one attached hydrogen (secondary N) is 1. The number of hydrogen-bond donors (Lipinski definition) is 2. The van der Waals surface area contributed by atoms with Gasteiger partial charge in [0.1, 0.15) is 0 Å². The maximum atomic E-state index is 12.0. The molecular weight excluding hydrogens is 218 g/mol. The van der Waals surface area contributed by atoms with E-state index >= 15 is 0 Å². The number of carbonyl (C=O) groups excluding carboxylic acids is 1. The minimum Gasteiger partial charge on any atom is -0.481 e. The standard InChI is InChI=1S/C13H23NO3/c1-3-9(2)8-14-12(15)10-6-4-5-7-11(10)13(16)17/h9-11H,3-8H2,1-2H3,(H,14,15)(H,16,17)/t9?,10-,11+/m1/s1. The molecule has 4 nitrogen and oxygen atoms in total. The Kier molecular flexibility index (Phi) is 5.45. The van der Waals surface area contributed by atoms with Crippen molar-refractivity contribution in [2.24, 2.45) is 17.8 Å². The summed E-state index contributed by atoms with van der Waals surface area (Å²) in [5.41, 5.74) is 0. The minimum atomic E-state index is -0.826. The van der Waals surface area contributed by atoms with Gasteiger partial charge in [-0.15, -0.1) is 0 Å². The highest BCUT2D eigenvalue weighted by Gasteiger charge is 2.35. The summed E-state index contributed by atoms with van der Waals surface area (Å²) in [5, 5.41) is 12.0. The Morgan fingerprint density at radius 2 is 1.88 bits per heavy atom. The van der Waals surface area contributed by atoms with Gasteiger partial charge >= 0.3 is 5.97 Å². The summed E-state index contributed by atoms with van der Waals surface area (Å²) >= 11 is 0. The molecule has 0 heterocycles. The average molecular weight is 241 g/mol. The van der Waals surface area contributed by atoms with Crippen molar-refractivity contribution in [2.45, 2.75) is 46.0 Å². The largest absolute Gasteiger partial charge is 0.481 e. The van der Waals surface area contributed by atoms with Gasteiger partial charge in [0, 0.05) is 6.54 Å². The van der Waals surface area contributed by atoms with E-state index in [4.69, 9.17) is 5.11 Å². The van der Waals surface area contributed by atoms with Gasteiger partial charge in [-0.1, -0.05) is 33.1 Å². The first-order chi connectivity index (χ1) is 8.06. The van der Waals surface area contributed by atoms with Crippen LogP contribution in [0, 0.1) is 17.8 Å². The van der Waals surface area contributed by atoms with Crippen LogP contribution in [0.15, 0.2) is 0 Å². The molecule has 17 heavy (non-hydrogen) atoms. The van der Waals surface area contributed by atoms with Gasteiger partial charge in [-0.25, -0.2) is 0 Å². The lowest BCUT2D eigenvalue weighted by molar-refractivity contribution is -0.148. The minimum absolute atomic E-state index is 0.0719. The van der Waals surface area contributed by atoms with E-state index < -0.39 is 11.9 Å². The van der Waals surface area contributed by atoms with Gasteiger partial charge < -0.3 is 10.4 Å². The fraction of sp³-hybridized carbons (Fsp3) is 0.846. The predicted molar refractivity (Wildman–Crippen MR) is 65.5 cm³/mol. The lowest BCUT2D eigenvalue weighted by Gasteiger charge is -2.27. The van der Waals surface area contributed by atoms with Crippen LogP contribution in [-0.2, 0) is 9.59 Å². The molecule has 2 N–H and O–H groups in total. The molecule has 1 unspecified atom stereocenters. The molecule has 1 aliphatic carbocycles. The second-order valence-corrected chi connectivity index (χ2v) is 5.09. The van der Waals surface area contributed by atoms with Crippen LogP contribution in [0.5, 0.6) is 0 Å². The summed E-state index contributed by atoms with van der Waals surface area (Å²) in [6.45, 7) is 4.81. The van der Waals surface area contributed by atoms with E-state index in [0.29, 0.717) is 25.3 Å². The number of hydrogen-bond acceptors (Lipinski definition) is 2. The first-order valence-corrected chi connectivity index (χ1v) is 6.56. The molecule has 0 aromatic carbocycles. The van der Waals surface area contributed by atoms with Crippen molar-refractivity contribution in [3.63, 3.8) is 0 Å². The quantitative estimate of drug-likeness (QED) is 0.774.